The summed E-state index contributed by atoms with van der Waals surface area (Å²) < 4.78 is 16.4. The molecule has 4 rings (SSSR count). The van der Waals surface area contributed by atoms with Crippen molar-refractivity contribution >= 4 is 12.0 Å². The molecule has 0 aromatic heterocycles. The lowest BCUT2D eigenvalue weighted by Crippen LogP contribution is -2.44. The van der Waals surface area contributed by atoms with Gasteiger partial charge >= 0.3 is 0 Å². The maximum atomic E-state index is 12.2. The van der Waals surface area contributed by atoms with Crippen LogP contribution in [0.1, 0.15) is 16.7 Å². The number of fused-ring (bicyclic) bond motifs is 2. The molecule has 2 aromatic carbocycles. The first-order valence-corrected chi connectivity index (χ1v) is 8.65. The van der Waals surface area contributed by atoms with Crippen molar-refractivity contribution in [2.75, 3.05) is 20.4 Å². The molecule has 0 saturated heterocycles. The summed E-state index contributed by atoms with van der Waals surface area (Å²) in [4.78, 5) is 12.2. The van der Waals surface area contributed by atoms with Crippen molar-refractivity contribution in [2.45, 2.75) is 18.4 Å². The highest BCUT2D eigenvalue weighted by Crippen LogP contribution is 2.33. The molecule has 1 N–H and O–H groups in total. The Morgan fingerprint density at radius 1 is 1.15 bits per heavy atom. The average molecular weight is 351 g/mol. The minimum atomic E-state index is -0.369. The molecule has 5 nitrogen and oxygen atoms in total. The zero-order valence-corrected chi connectivity index (χ0v) is 14.7. The Bertz CT molecular complexity index is 834. The molecule has 1 aliphatic carbocycles. The highest BCUT2D eigenvalue weighted by atomic mass is 16.7. The van der Waals surface area contributed by atoms with Gasteiger partial charge in [0.25, 0.3) is 0 Å². The normalized spacial score (nSPS) is 16.7. The lowest BCUT2D eigenvalue weighted by atomic mass is 10.00. The smallest absolute Gasteiger partial charge is 0.244 e. The maximum absolute atomic E-state index is 12.2. The molecule has 2 aliphatic rings. The standard InChI is InChI=1S/C21H21NO4/c1-24-21(11-16-4-2-3-5-17(16)12-21)13-22-20(23)9-7-15-6-8-18-19(10-15)26-14-25-18/h2-10H,11-14H2,1H3,(H,22,23)/b9-7+. The monoisotopic (exact) mass is 351 g/mol. The van der Waals surface area contributed by atoms with E-state index in [2.05, 4.69) is 17.4 Å². The van der Waals surface area contributed by atoms with Crippen LogP contribution in [0.25, 0.3) is 6.08 Å². The Balaban J connectivity index is 1.36. The van der Waals surface area contributed by atoms with E-state index in [4.69, 9.17) is 14.2 Å². The van der Waals surface area contributed by atoms with E-state index in [9.17, 15) is 4.79 Å². The molecule has 1 heterocycles. The van der Waals surface area contributed by atoms with Crippen molar-refractivity contribution in [3.63, 3.8) is 0 Å². The van der Waals surface area contributed by atoms with Gasteiger partial charge in [0.05, 0.1) is 5.60 Å². The molecule has 0 atom stereocenters. The largest absolute Gasteiger partial charge is 0.454 e. The van der Waals surface area contributed by atoms with Crippen LogP contribution in [0.2, 0.25) is 0 Å². The molecular formula is C21H21NO4. The van der Waals surface area contributed by atoms with Gasteiger partial charge in [-0.1, -0.05) is 30.3 Å². The molecule has 0 spiro atoms. The minimum Gasteiger partial charge on any atom is -0.454 e. The van der Waals surface area contributed by atoms with Gasteiger partial charge in [0.2, 0.25) is 12.7 Å². The minimum absolute atomic E-state index is 0.143. The highest BCUT2D eigenvalue weighted by molar-refractivity contribution is 5.91. The number of hydrogen-bond donors (Lipinski definition) is 1. The average Bonchev–Trinajstić information content (AvgIpc) is 3.28. The predicted molar refractivity (Wildman–Crippen MR) is 98.2 cm³/mol. The van der Waals surface area contributed by atoms with Gasteiger partial charge in [-0.05, 0) is 34.9 Å². The Morgan fingerprint density at radius 3 is 2.62 bits per heavy atom. The quantitative estimate of drug-likeness (QED) is 0.842. The van der Waals surface area contributed by atoms with E-state index in [1.54, 1.807) is 13.2 Å². The third-order valence-electron chi connectivity index (χ3n) is 4.99. The molecule has 0 radical (unpaired) electrons. The van der Waals surface area contributed by atoms with Crippen molar-refractivity contribution in [1.29, 1.82) is 0 Å². The van der Waals surface area contributed by atoms with Crippen molar-refractivity contribution < 1.29 is 19.0 Å². The second-order valence-corrected chi connectivity index (χ2v) is 6.67. The first kappa shape index (κ1) is 16.7. The van der Waals surface area contributed by atoms with Crippen LogP contribution in [0, 0.1) is 0 Å². The van der Waals surface area contributed by atoms with E-state index in [0.717, 1.165) is 24.2 Å². The van der Waals surface area contributed by atoms with Crippen LogP contribution in [0.5, 0.6) is 11.5 Å². The molecule has 0 unspecified atom stereocenters. The number of benzene rings is 2. The number of amides is 1. The number of carbonyl (C=O) groups excluding carboxylic acids is 1. The van der Waals surface area contributed by atoms with Crippen LogP contribution in [0.15, 0.2) is 48.5 Å². The van der Waals surface area contributed by atoms with Crippen molar-refractivity contribution in [3.05, 3.63) is 65.2 Å². The summed E-state index contributed by atoms with van der Waals surface area (Å²) in [6.45, 7) is 0.715. The lowest BCUT2D eigenvalue weighted by Gasteiger charge is -2.27. The van der Waals surface area contributed by atoms with E-state index in [1.807, 2.05) is 30.3 Å². The summed E-state index contributed by atoms with van der Waals surface area (Å²) >= 11 is 0. The van der Waals surface area contributed by atoms with E-state index in [1.165, 1.54) is 17.2 Å². The third-order valence-corrected chi connectivity index (χ3v) is 4.99. The van der Waals surface area contributed by atoms with Crippen molar-refractivity contribution in [3.8, 4) is 11.5 Å². The molecule has 0 saturated carbocycles. The van der Waals surface area contributed by atoms with Gasteiger partial charge in [-0.2, -0.15) is 0 Å². The van der Waals surface area contributed by atoms with E-state index >= 15 is 0 Å². The lowest BCUT2D eigenvalue weighted by molar-refractivity contribution is -0.118. The summed E-state index contributed by atoms with van der Waals surface area (Å²) in [5.41, 5.74) is 3.10. The zero-order chi connectivity index (χ0) is 18.0. The van der Waals surface area contributed by atoms with Crippen molar-refractivity contribution in [1.82, 2.24) is 5.32 Å². The second kappa shape index (κ2) is 6.84. The number of carbonyl (C=O) groups is 1. The molecule has 1 amide bonds. The SMILES string of the molecule is COC1(CNC(=O)/C=C/c2ccc3c(c2)OCO3)Cc2ccccc2C1. The van der Waals surface area contributed by atoms with Gasteiger partial charge in [-0.3, -0.25) is 4.79 Å². The van der Waals surface area contributed by atoms with E-state index in [-0.39, 0.29) is 18.3 Å². The summed E-state index contributed by atoms with van der Waals surface area (Å²) in [5.74, 6) is 1.29. The summed E-state index contributed by atoms with van der Waals surface area (Å²) in [6.07, 6.45) is 4.92. The van der Waals surface area contributed by atoms with Crippen molar-refractivity contribution in [2.24, 2.45) is 0 Å². The molecule has 0 fully saturated rings. The molecule has 2 aromatic rings. The van der Waals surface area contributed by atoms with Gasteiger partial charge in [0.1, 0.15) is 0 Å². The molecular weight excluding hydrogens is 330 g/mol. The van der Waals surface area contributed by atoms with Crippen LogP contribution in [0.4, 0.5) is 0 Å². The summed E-state index contributed by atoms with van der Waals surface area (Å²) in [5, 5.41) is 2.97. The zero-order valence-electron chi connectivity index (χ0n) is 14.7. The third kappa shape index (κ3) is 3.30. The van der Waals surface area contributed by atoms with Crippen LogP contribution in [0.3, 0.4) is 0 Å². The van der Waals surface area contributed by atoms with Crippen LogP contribution >= 0.6 is 0 Å². The molecule has 1 aliphatic heterocycles. The Morgan fingerprint density at radius 2 is 1.88 bits per heavy atom. The van der Waals surface area contributed by atoms with Crippen LogP contribution in [-0.4, -0.2) is 32.0 Å². The number of nitrogens with one attached hydrogen (secondary N) is 1. The number of ether oxygens (including phenoxy) is 3. The molecule has 5 heteroatoms. The predicted octanol–water partition coefficient (Wildman–Crippen LogP) is 2.73. The van der Waals surface area contributed by atoms with E-state index < -0.39 is 0 Å². The topological polar surface area (TPSA) is 56.8 Å². The maximum Gasteiger partial charge on any atom is 0.244 e. The van der Waals surface area contributed by atoms with Crippen LogP contribution < -0.4 is 14.8 Å². The van der Waals surface area contributed by atoms with Gasteiger partial charge in [0.15, 0.2) is 11.5 Å². The number of rotatable bonds is 5. The van der Waals surface area contributed by atoms with Gasteiger partial charge < -0.3 is 19.5 Å². The van der Waals surface area contributed by atoms with E-state index in [0.29, 0.717) is 12.3 Å². The fraction of sp³-hybridized carbons (Fsp3) is 0.286. The number of hydrogen-bond acceptors (Lipinski definition) is 4. The molecule has 0 bridgehead atoms. The number of methoxy groups -OCH3 is 1. The Kier molecular flexibility index (Phi) is 4.39. The van der Waals surface area contributed by atoms with Gasteiger partial charge in [-0.25, -0.2) is 0 Å². The Labute approximate surface area is 152 Å². The first-order chi connectivity index (χ1) is 12.7. The second-order valence-electron chi connectivity index (χ2n) is 6.67. The van der Waals surface area contributed by atoms with Gasteiger partial charge in [-0.15, -0.1) is 0 Å². The summed E-state index contributed by atoms with van der Waals surface area (Å²) in [6, 6.07) is 13.9. The summed E-state index contributed by atoms with van der Waals surface area (Å²) in [7, 11) is 1.71. The fourth-order valence-electron chi connectivity index (χ4n) is 3.50. The van der Waals surface area contributed by atoms with Gasteiger partial charge in [0, 0.05) is 32.6 Å². The molecule has 134 valence electrons. The first-order valence-electron chi connectivity index (χ1n) is 8.65. The fourth-order valence-corrected chi connectivity index (χ4v) is 3.50. The Hall–Kier alpha value is -2.79. The highest BCUT2D eigenvalue weighted by Gasteiger charge is 2.37. The van der Waals surface area contributed by atoms with Crippen LogP contribution in [-0.2, 0) is 22.4 Å². The molecule has 26 heavy (non-hydrogen) atoms.